The van der Waals surface area contributed by atoms with Crippen molar-refractivity contribution in [3.8, 4) is 0 Å². The molecule has 1 aromatic rings. The molecule has 9 heavy (non-hydrogen) atoms. The van der Waals surface area contributed by atoms with Crippen LogP contribution in [0.3, 0.4) is 0 Å². The average Bonchev–Trinajstić information content (AvgIpc) is 1.90. The Morgan fingerprint density at radius 3 is 2.33 bits per heavy atom. The molecular weight excluding hydrogens is 120 g/mol. The molecule has 0 spiro atoms. The standard InChI is InChI=1S/C4H6N4O/c1-3(9)4-7-5-2-6-8-4/h2-3,9H,1H3. The molecule has 0 aromatic carbocycles. The number of hydrogen-bond acceptors (Lipinski definition) is 5. The predicted molar refractivity (Wildman–Crippen MR) is 28.3 cm³/mol. The Kier molecular flexibility index (Phi) is 1.64. The van der Waals surface area contributed by atoms with E-state index in [9.17, 15) is 0 Å². The first-order valence-electron chi connectivity index (χ1n) is 2.49. The Balaban J connectivity index is 2.85. The van der Waals surface area contributed by atoms with Crippen LogP contribution in [-0.4, -0.2) is 25.5 Å². The fourth-order valence-electron chi connectivity index (χ4n) is 0.380. The minimum atomic E-state index is -0.689. The van der Waals surface area contributed by atoms with Gasteiger partial charge in [-0.2, -0.15) is 0 Å². The molecule has 0 aliphatic carbocycles. The van der Waals surface area contributed by atoms with Crippen molar-refractivity contribution in [2.45, 2.75) is 13.0 Å². The number of rotatable bonds is 1. The van der Waals surface area contributed by atoms with E-state index in [2.05, 4.69) is 20.4 Å². The van der Waals surface area contributed by atoms with Crippen LogP contribution in [0.4, 0.5) is 0 Å². The fraction of sp³-hybridized carbons (Fsp3) is 0.500. The van der Waals surface area contributed by atoms with Gasteiger partial charge in [-0.1, -0.05) is 0 Å². The third-order valence-electron chi connectivity index (χ3n) is 0.797. The molecular formula is C4H6N4O. The van der Waals surface area contributed by atoms with Crippen molar-refractivity contribution >= 4 is 0 Å². The van der Waals surface area contributed by atoms with Crippen molar-refractivity contribution in [2.75, 3.05) is 0 Å². The second-order valence-electron chi connectivity index (χ2n) is 1.58. The highest BCUT2D eigenvalue weighted by Gasteiger charge is 2.01. The quantitative estimate of drug-likeness (QED) is 0.539. The lowest BCUT2D eigenvalue weighted by Crippen LogP contribution is -2.02. The van der Waals surface area contributed by atoms with Crippen molar-refractivity contribution in [3.05, 3.63) is 12.2 Å². The van der Waals surface area contributed by atoms with E-state index < -0.39 is 6.10 Å². The summed E-state index contributed by atoms with van der Waals surface area (Å²) < 4.78 is 0. The lowest BCUT2D eigenvalue weighted by atomic mass is 10.4. The first kappa shape index (κ1) is 6.03. The summed E-state index contributed by atoms with van der Waals surface area (Å²) in [5.41, 5.74) is 0. The average molecular weight is 126 g/mol. The summed E-state index contributed by atoms with van der Waals surface area (Å²) in [5.74, 6) is 0.248. The molecule has 5 heteroatoms. The van der Waals surface area contributed by atoms with Crippen LogP contribution in [-0.2, 0) is 0 Å². The highest BCUT2D eigenvalue weighted by Crippen LogP contribution is 1.99. The Morgan fingerprint density at radius 2 is 2.00 bits per heavy atom. The molecule has 1 atom stereocenters. The number of aromatic nitrogens is 4. The molecule has 1 aromatic heterocycles. The molecule has 48 valence electrons. The highest BCUT2D eigenvalue weighted by atomic mass is 16.3. The maximum absolute atomic E-state index is 8.82. The van der Waals surface area contributed by atoms with Crippen molar-refractivity contribution in [2.24, 2.45) is 0 Å². The minimum absolute atomic E-state index is 0.248. The number of aliphatic hydroxyl groups is 1. The molecule has 1 N–H and O–H groups in total. The number of aliphatic hydroxyl groups excluding tert-OH is 1. The van der Waals surface area contributed by atoms with Crippen molar-refractivity contribution < 1.29 is 5.11 Å². The maximum atomic E-state index is 8.82. The van der Waals surface area contributed by atoms with E-state index in [-0.39, 0.29) is 5.82 Å². The van der Waals surface area contributed by atoms with Crippen molar-refractivity contribution in [3.63, 3.8) is 0 Å². The Bertz CT molecular complexity index is 175. The summed E-state index contributed by atoms with van der Waals surface area (Å²) in [5, 5.41) is 22.7. The first-order chi connectivity index (χ1) is 4.30. The number of nitrogens with zero attached hydrogens (tertiary/aromatic N) is 4. The maximum Gasteiger partial charge on any atom is 0.201 e. The fourth-order valence-corrected chi connectivity index (χ4v) is 0.380. The molecule has 0 amide bonds. The van der Waals surface area contributed by atoms with Gasteiger partial charge in [0, 0.05) is 0 Å². The molecule has 0 saturated carbocycles. The van der Waals surface area contributed by atoms with Crippen molar-refractivity contribution in [1.82, 2.24) is 20.4 Å². The van der Waals surface area contributed by atoms with Crippen LogP contribution in [0, 0.1) is 0 Å². The third-order valence-corrected chi connectivity index (χ3v) is 0.797. The van der Waals surface area contributed by atoms with Gasteiger partial charge in [-0.05, 0) is 6.92 Å². The van der Waals surface area contributed by atoms with Gasteiger partial charge < -0.3 is 5.11 Å². The molecule has 0 saturated heterocycles. The van der Waals surface area contributed by atoms with Crippen LogP contribution in [0.1, 0.15) is 18.9 Å². The number of hydrogen-bond donors (Lipinski definition) is 1. The van der Waals surface area contributed by atoms with Crippen LogP contribution >= 0.6 is 0 Å². The smallest absolute Gasteiger partial charge is 0.201 e. The van der Waals surface area contributed by atoms with Crippen LogP contribution in [0.2, 0.25) is 0 Å². The zero-order valence-corrected chi connectivity index (χ0v) is 4.89. The van der Waals surface area contributed by atoms with Crippen LogP contribution < -0.4 is 0 Å². The Morgan fingerprint density at radius 1 is 1.44 bits per heavy atom. The second kappa shape index (κ2) is 2.45. The van der Waals surface area contributed by atoms with Gasteiger partial charge in [0.15, 0.2) is 6.33 Å². The summed E-state index contributed by atoms with van der Waals surface area (Å²) in [7, 11) is 0. The van der Waals surface area contributed by atoms with E-state index in [1.165, 1.54) is 6.33 Å². The largest absolute Gasteiger partial charge is 0.385 e. The van der Waals surface area contributed by atoms with E-state index in [1.807, 2.05) is 0 Å². The molecule has 0 fully saturated rings. The topological polar surface area (TPSA) is 71.8 Å². The highest BCUT2D eigenvalue weighted by molar-refractivity contribution is 4.79. The molecule has 0 bridgehead atoms. The molecule has 5 nitrogen and oxygen atoms in total. The van der Waals surface area contributed by atoms with Gasteiger partial charge in [0.2, 0.25) is 5.82 Å². The van der Waals surface area contributed by atoms with Gasteiger partial charge in [-0.15, -0.1) is 20.4 Å². The second-order valence-corrected chi connectivity index (χ2v) is 1.58. The van der Waals surface area contributed by atoms with E-state index in [4.69, 9.17) is 5.11 Å². The Labute approximate surface area is 51.8 Å². The molecule has 0 radical (unpaired) electrons. The van der Waals surface area contributed by atoms with Crippen molar-refractivity contribution in [1.29, 1.82) is 0 Å². The van der Waals surface area contributed by atoms with Gasteiger partial charge >= 0.3 is 0 Å². The van der Waals surface area contributed by atoms with Gasteiger partial charge in [0.05, 0.1) is 0 Å². The zero-order valence-electron chi connectivity index (χ0n) is 4.89. The molecule has 1 unspecified atom stereocenters. The molecule has 1 rings (SSSR count). The lowest BCUT2D eigenvalue weighted by Gasteiger charge is -1.95. The van der Waals surface area contributed by atoms with E-state index >= 15 is 0 Å². The Hall–Kier alpha value is -1.10. The third kappa shape index (κ3) is 1.39. The van der Waals surface area contributed by atoms with E-state index in [1.54, 1.807) is 6.92 Å². The van der Waals surface area contributed by atoms with Crippen LogP contribution in [0.15, 0.2) is 6.33 Å². The lowest BCUT2D eigenvalue weighted by molar-refractivity contribution is 0.185. The predicted octanol–water partition coefficient (Wildman–Crippen LogP) is -0.680. The zero-order chi connectivity index (χ0) is 6.69. The summed E-state index contributed by atoms with van der Waals surface area (Å²) in [4.78, 5) is 0. The van der Waals surface area contributed by atoms with Gasteiger partial charge in [0.1, 0.15) is 6.10 Å². The SMILES string of the molecule is CC(O)c1nncnn1. The minimum Gasteiger partial charge on any atom is -0.385 e. The molecule has 0 aliphatic rings. The molecule has 1 heterocycles. The summed E-state index contributed by atoms with van der Waals surface area (Å²) >= 11 is 0. The van der Waals surface area contributed by atoms with E-state index in [0.717, 1.165) is 0 Å². The van der Waals surface area contributed by atoms with Gasteiger partial charge in [-0.25, -0.2) is 0 Å². The van der Waals surface area contributed by atoms with Crippen LogP contribution in [0.25, 0.3) is 0 Å². The van der Waals surface area contributed by atoms with E-state index in [0.29, 0.717) is 0 Å². The van der Waals surface area contributed by atoms with Gasteiger partial charge in [-0.3, -0.25) is 0 Å². The summed E-state index contributed by atoms with van der Waals surface area (Å²) in [6, 6.07) is 0. The first-order valence-corrected chi connectivity index (χ1v) is 2.49. The van der Waals surface area contributed by atoms with Crippen LogP contribution in [0.5, 0.6) is 0 Å². The molecule has 0 aliphatic heterocycles. The van der Waals surface area contributed by atoms with Gasteiger partial charge in [0.25, 0.3) is 0 Å². The summed E-state index contributed by atoms with van der Waals surface area (Å²) in [6.45, 7) is 1.55. The normalized spacial score (nSPS) is 13.1. The summed E-state index contributed by atoms with van der Waals surface area (Å²) in [6.07, 6.45) is 0.525. The monoisotopic (exact) mass is 126 g/mol.